The van der Waals surface area contributed by atoms with E-state index in [1.807, 2.05) is 0 Å². The normalized spacial score (nSPS) is 25.9. The number of rotatable bonds is 5. The van der Waals surface area contributed by atoms with Crippen molar-refractivity contribution in [3.8, 4) is 5.75 Å². The smallest absolute Gasteiger partial charge is 0.403 e. The number of alkyl halides is 3. The molecule has 0 radical (unpaired) electrons. The number of thiophene rings is 1. The van der Waals surface area contributed by atoms with Crippen molar-refractivity contribution in [1.29, 1.82) is 0 Å². The van der Waals surface area contributed by atoms with Gasteiger partial charge in [-0.3, -0.25) is 0 Å². The second-order valence-corrected chi connectivity index (χ2v) is 11.5. The summed E-state index contributed by atoms with van der Waals surface area (Å²) < 4.78 is 72.3. The van der Waals surface area contributed by atoms with Gasteiger partial charge in [-0.2, -0.15) is 0 Å². The van der Waals surface area contributed by atoms with Crippen molar-refractivity contribution < 1.29 is 26.7 Å². The predicted molar refractivity (Wildman–Crippen MR) is 131 cm³/mol. The van der Waals surface area contributed by atoms with E-state index in [0.717, 1.165) is 60.8 Å². The highest BCUT2D eigenvalue weighted by atomic mass is 32.1. The van der Waals surface area contributed by atoms with E-state index in [-0.39, 0.29) is 16.4 Å². The standard InChI is InChI=1S/C28H31F5OS/c1-2-3-16-4-6-17(7-5-16)18-8-10-19(11-9-18)20-12-13-21-22-14-15-23(34-28(31,32)33)25(30)27(22)35-26(21)24(20)29/h12-19H,2-11H2,1H3. The summed E-state index contributed by atoms with van der Waals surface area (Å²) in [5.74, 6) is 0.211. The molecule has 1 aromatic heterocycles. The van der Waals surface area contributed by atoms with E-state index in [4.69, 9.17) is 0 Å². The molecule has 0 N–H and O–H groups in total. The number of benzene rings is 2. The van der Waals surface area contributed by atoms with Gasteiger partial charge in [-0.25, -0.2) is 8.78 Å². The number of halogens is 5. The molecule has 190 valence electrons. The first-order valence-electron chi connectivity index (χ1n) is 12.8. The van der Waals surface area contributed by atoms with Gasteiger partial charge in [0.1, 0.15) is 5.82 Å². The molecule has 0 saturated heterocycles. The third-order valence-corrected chi connectivity index (χ3v) is 9.58. The largest absolute Gasteiger partial charge is 0.573 e. The summed E-state index contributed by atoms with van der Waals surface area (Å²) in [7, 11) is 0. The molecule has 7 heteroatoms. The molecule has 0 unspecified atom stereocenters. The molecule has 2 aromatic carbocycles. The lowest BCUT2D eigenvalue weighted by Crippen LogP contribution is -2.25. The lowest BCUT2D eigenvalue weighted by molar-refractivity contribution is -0.275. The highest BCUT2D eigenvalue weighted by molar-refractivity contribution is 7.25. The molecule has 0 amide bonds. The van der Waals surface area contributed by atoms with Crippen LogP contribution >= 0.6 is 11.3 Å². The summed E-state index contributed by atoms with van der Waals surface area (Å²) >= 11 is 0.863. The van der Waals surface area contributed by atoms with E-state index in [0.29, 0.717) is 21.0 Å². The summed E-state index contributed by atoms with van der Waals surface area (Å²) in [4.78, 5) is 0. The Morgan fingerprint density at radius 2 is 1.37 bits per heavy atom. The van der Waals surface area contributed by atoms with E-state index < -0.39 is 17.9 Å². The quantitative estimate of drug-likeness (QED) is 0.310. The first-order valence-corrected chi connectivity index (χ1v) is 13.7. The minimum atomic E-state index is -4.99. The lowest BCUT2D eigenvalue weighted by Gasteiger charge is -2.38. The van der Waals surface area contributed by atoms with Gasteiger partial charge in [-0.15, -0.1) is 24.5 Å². The van der Waals surface area contributed by atoms with Crippen LogP contribution in [-0.4, -0.2) is 6.36 Å². The van der Waals surface area contributed by atoms with Crippen molar-refractivity contribution >= 4 is 31.5 Å². The van der Waals surface area contributed by atoms with Gasteiger partial charge in [0.25, 0.3) is 0 Å². The number of fused-ring (bicyclic) bond motifs is 3. The lowest BCUT2D eigenvalue weighted by atomic mass is 9.68. The molecule has 2 fully saturated rings. The molecule has 2 aliphatic rings. The second-order valence-electron chi connectivity index (χ2n) is 10.4. The summed E-state index contributed by atoms with van der Waals surface area (Å²) in [6.07, 6.45) is 7.11. The van der Waals surface area contributed by atoms with E-state index in [2.05, 4.69) is 11.7 Å². The van der Waals surface area contributed by atoms with Crippen LogP contribution in [0.3, 0.4) is 0 Å². The Balaban J connectivity index is 1.33. The zero-order chi connectivity index (χ0) is 24.7. The second kappa shape index (κ2) is 9.87. The maximum Gasteiger partial charge on any atom is 0.573 e. The number of hydrogen-bond acceptors (Lipinski definition) is 2. The maximum absolute atomic E-state index is 15.6. The first kappa shape index (κ1) is 24.8. The van der Waals surface area contributed by atoms with Gasteiger partial charge in [-0.05, 0) is 79.9 Å². The summed E-state index contributed by atoms with van der Waals surface area (Å²) in [5.41, 5.74) is 0.654. The molecule has 0 atom stereocenters. The molecule has 1 heterocycles. The van der Waals surface area contributed by atoms with Crippen LogP contribution in [0.4, 0.5) is 22.0 Å². The van der Waals surface area contributed by atoms with E-state index in [9.17, 15) is 17.6 Å². The summed E-state index contributed by atoms with van der Waals surface area (Å²) in [5, 5.41) is 0.936. The molecule has 2 aliphatic carbocycles. The monoisotopic (exact) mass is 510 g/mol. The van der Waals surface area contributed by atoms with Gasteiger partial charge in [0.2, 0.25) is 0 Å². The van der Waals surface area contributed by atoms with Gasteiger partial charge < -0.3 is 4.74 Å². The minimum Gasteiger partial charge on any atom is -0.403 e. The highest BCUT2D eigenvalue weighted by Crippen LogP contribution is 2.47. The fourth-order valence-electron chi connectivity index (χ4n) is 6.61. The Morgan fingerprint density at radius 3 is 1.97 bits per heavy atom. The van der Waals surface area contributed by atoms with Crippen LogP contribution in [0.2, 0.25) is 0 Å². The van der Waals surface area contributed by atoms with Crippen molar-refractivity contribution in [2.75, 3.05) is 0 Å². The SMILES string of the molecule is CCCC1CCC(C2CCC(c3ccc4c(sc5c(F)c(OC(F)(F)F)ccc54)c3F)CC2)CC1. The van der Waals surface area contributed by atoms with Crippen LogP contribution in [0.25, 0.3) is 20.2 Å². The Kier molecular flexibility index (Phi) is 6.99. The molecule has 1 nitrogen and oxygen atoms in total. The molecule has 3 aromatic rings. The van der Waals surface area contributed by atoms with Crippen LogP contribution in [0, 0.1) is 29.4 Å². The van der Waals surface area contributed by atoms with Crippen molar-refractivity contribution in [2.24, 2.45) is 17.8 Å². The first-order chi connectivity index (χ1) is 16.7. The predicted octanol–water partition coefficient (Wildman–Crippen LogP) is 10.1. The van der Waals surface area contributed by atoms with E-state index in [1.54, 1.807) is 12.1 Å². The minimum absolute atomic E-state index is 0.0137. The van der Waals surface area contributed by atoms with Crippen molar-refractivity contribution in [3.63, 3.8) is 0 Å². The molecule has 0 spiro atoms. The Hall–Kier alpha value is -1.89. The molecular formula is C28H31F5OS. The maximum atomic E-state index is 15.6. The fraction of sp³-hybridized carbons (Fsp3) is 0.571. The molecular weight excluding hydrogens is 479 g/mol. The summed E-state index contributed by atoms with van der Waals surface area (Å²) in [6, 6.07) is 5.91. The van der Waals surface area contributed by atoms with Crippen molar-refractivity contribution in [3.05, 3.63) is 41.5 Å². The van der Waals surface area contributed by atoms with Gasteiger partial charge in [-0.1, -0.05) is 44.7 Å². The summed E-state index contributed by atoms with van der Waals surface area (Å²) in [6.45, 7) is 2.26. The Bertz CT molecular complexity index is 1180. The fourth-order valence-corrected chi connectivity index (χ4v) is 7.79. The highest BCUT2D eigenvalue weighted by Gasteiger charge is 2.34. The zero-order valence-electron chi connectivity index (χ0n) is 19.9. The topological polar surface area (TPSA) is 9.23 Å². The van der Waals surface area contributed by atoms with Gasteiger partial charge in [0.15, 0.2) is 11.6 Å². The van der Waals surface area contributed by atoms with Gasteiger partial charge in [0.05, 0.1) is 9.40 Å². The Morgan fingerprint density at radius 1 is 0.800 bits per heavy atom. The van der Waals surface area contributed by atoms with Gasteiger partial charge >= 0.3 is 6.36 Å². The molecule has 5 rings (SSSR count). The number of hydrogen-bond donors (Lipinski definition) is 0. The third kappa shape index (κ3) is 5.03. The average molecular weight is 511 g/mol. The van der Waals surface area contributed by atoms with Crippen molar-refractivity contribution in [2.45, 2.75) is 83.4 Å². The van der Waals surface area contributed by atoms with Crippen molar-refractivity contribution in [1.82, 2.24) is 0 Å². The van der Waals surface area contributed by atoms with E-state index in [1.165, 1.54) is 44.6 Å². The molecule has 0 bridgehead atoms. The van der Waals surface area contributed by atoms with Gasteiger partial charge in [0, 0.05) is 10.8 Å². The zero-order valence-corrected chi connectivity index (χ0v) is 20.7. The van der Waals surface area contributed by atoms with Crippen LogP contribution < -0.4 is 4.74 Å². The Labute approximate surface area is 206 Å². The van der Waals surface area contributed by atoms with Crippen LogP contribution in [0.5, 0.6) is 5.75 Å². The molecule has 2 saturated carbocycles. The number of ether oxygens (including phenoxy) is 1. The third-order valence-electron chi connectivity index (χ3n) is 8.38. The van der Waals surface area contributed by atoms with Crippen LogP contribution in [0.15, 0.2) is 24.3 Å². The van der Waals surface area contributed by atoms with Crippen LogP contribution in [0.1, 0.15) is 82.6 Å². The van der Waals surface area contributed by atoms with Crippen LogP contribution in [-0.2, 0) is 0 Å². The molecule has 0 aliphatic heterocycles. The van der Waals surface area contributed by atoms with E-state index >= 15 is 4.39 Å². The molecule has 35 heavy (non-hydrogen) atoms. The average Bonchev–Trinajstić information content (AvgIpc) is 3.22.